The number of ether oxygens (including phenoxy) is 2. The molecule has 2 aromatic rings. The number of nitrogens with zero attached hydrogens (tertiary/aromatic N) is 1. The van der Waals surface area contributed by atoms with Crippen LogP contribution in [0.25, 0.3) is 0 Å². The Morgan fingerprint density at radius 1 is 1.10 bits per heavy atom. The number of aromatic nitrogens is 1. The number of methoxy groups -OCH3 is 1. The van der Waals surface area contributed by atoms with Gasteiger partial charge in [-0.15, -0.1) is 0 Å². The van der Waals surface area contributed by atoms with Gasteiger partial charge < -0.3 is 14.8 Å². The largest absolute Gasteiger partial charge is 0.495 e. The Bertz CT molecular complexity index is 572. The van der Waals surface area contributed by atoms with Gasteiger partial charge in [0.25, 0.3) is 0 Å². The summed E-state index contributed by atoms with van der Waals surface area (Å²) in [5.74, 6) is 1.64. The summed E-state index contributed by atoms with van der Waals surface area (Å²) in [4.78, 5) is 4.25. The summed E-state index contributed by atoms with van der Waals surface area (Å²) in [5.41, 5.74) is 2.22. The van der Waals surface area contributed by atoms with E-state index in [4.69, 9.17) is 9.47 Å². The van der Waals surface area contributed by atoms with Gasteiger partial charge in [-0.05, 0) is 42.8 Å². The molecule has 112 valence electrons. The Morgan fingerprint density at radius 3 is 2.62 bits per heavy atom. The number of pyridine rings is 1. The molecule has 0 saturated carbocycles. The van der Waals surface area contributed by atoms with E-state index < -0.39 is 0 Å². The second-order valence-electron chi connectivity index (χ2n) is 4.65. The zero-order valence-electron chi connectivity index (χ0n) is 12.8. The second kappa shape index (κ2) is 7.64. The Labute approximate surface area is 126 Å². The predicted octanol–water partition coefficient (Wildman–Crippen LogP) is 3.19. The van der Waals surface area contributed by atoms with Crippen LogP contribution in [0.15, 0.2) is 42.7 Å². The molecule has 1 heterocycles. The van der Waals surface area contributed by atoms with Crippen LogP contribution >= 0.6 is 0 Å². The first-order valence-electron chi connectivity index (χ1n) is 7.23. The molecule has 4 heteroatoms. The lowest BCUT2D eigenvalue weighted by molar-refractivity contribution is 0.339. The van der Waals surface area contributed by atoms with Gasteiger partial charge >= 0.3 is 0 Å². The fourth-order valence-corrected chi connectivity index (χ4v) is 2.29. The Balaban J connectivity index is 2.35. The van der Waals surface area contributed by atoms with E-state index >= 15 is 0 Å². The van der Waals surface area contributed by atoms with Crippen LogP contribution in [0.4, 0.5) is 0 Å². The maximum absolute atomic E-state index is 5.59. The molecule has 0 spiro atoms. The van der Waals surface area contributed by atoms with Crippen molar-refractivity contribution in [3.8, 4) is 11.5 Å². The zero-order chi connectivity index (χ0) is 15.1. The highest BCUT2D eigenvalue weighted by Crippen LogP contribution is 2.26. The lowest BCUT2D eigenvalue weighted by atomic mass is 9.99. The van der Waals surface area contributed by atoms with Crippen LogP contribution in [-0.4, -0.2) is 25.2 Å². The monoisotopic (exact) mass is 286 g/mol. The third kappa shape index (κ3) is 3.95. The van der Waals surface area contributed by atoms with Crippen LogP contribution < -0.4 is 14.8 Å². The van der Waals surface area contributed by atoms with E-state index in [1.165, 1.54) is 0 Å². The molecule has 1 unspecified atom stereocenters. The van der Waals surface area contributed by atoms with E-state index in [-0.39, 0.29) is 6.04 Å². The highest BCUT2D eigenvalue weighted by Gasteiger charge is 2.14. The summed E-state index contributed by atoms with van der Waals surface area (Å²) in [6.45, 7) is 5.60. The van der Waals surface area contributed by atoms with Gasteiger partial charge in [0.05, 0.1) is 26.0 Å². The number of nitrogens with one attached hydrogen (secondary N) is 1. The van der Waals surface area contributed by atoms with Crippen LogP contribution in [0, 0.1) is 0 Å². The van der Waals surface area contributed by atoms with E-state index in [0.29, 0.717) is 6.61 Å². The molecule has 1 aromatic carbocycles. The van der Waals surface area contributed by atoms with Gasteiger partial charge in [0.1, 0.15) is 11.5 Å². The highest BCUT2D eigenvalue weighted by atomic mass is 16.5. The highest BCUT2D eigenvalue weighted by molar-refractivity contribution is 5.37. The van der Waals surface area contributed by atoms with Gasteiger partial charge in [-0.3, -0.25) is 4.98 Å². The van der Waals surface area contributed by atoms with E-state index in [9.17, 15) is 0 Å². The van der Waals surface area contributed by atoms with Gasteiger partial charge in [0, 0.05) is 6.20 Å². The molecule has 0 aliphatic carbocycles. The first-order valence-corrected chi connectivity index (χ1v) is 7.23. The van der Waals surface area contributed by atoms with Crippen LogP contribution in [0.1, 0.15) is 31.0 Å². The molecule has 0 bridgehead atoms. The number of hydrogen-bond donors (Lipinski definition) is 1. The maximum atomic E-state index is 5.59. The van der Waals surface area contributed by atoms with Gasteiger partial charge in [0.15, 0.2) is 0 Å². The minimum absolute atomic E-state index is 0.0676. The Kier molecular flexibility index (Phi) is 5.58. The average molecular weight is 286 g/mol. The van der Waals surface area contributed by atoms with Crippen molar-refractivity contribution in [1.29, 1.82) is 0 Å². The van der Waals surface area contributed by atoms with Crippen LogP contribution in [0.5, 0.6) is 11.5 Å². The lowest BCUT2D eigenvalue weighted by Gasteiger charge is -2.20. The maximum Gasteiger partial charge on any atom is 0.137 e. The smallest absolute Gasteiger partial charge is 0.137 e. The van der Waals surface area contributed by atoms with Crippen molar-refractivity contribution in [2.75, 3.05) is 20.3 Å². The minimum Gasteiger partial charge on any atom is -0.495 e. The first-order chi connectivity index (χ1) is 10.3. The molecule has 0 fully saturated rings. The molecule has 0 radical (unpaired) electrons. The standard InChI is InChI=1S/C17H22N2O2/c1-4-19-17(14-10-16(20-3)12-18-11-14)13-7-6-8-15(9-13)21-5-2/h6-12,17,19H,4-5H2,1-3H3. The Hall–Kier alpha value is -2.07. The zero-order valence-corrected chi connectivity index (χ0v) is 12.8. The van der Waals surface area contributed by atoms with Gasteiger partial charge in [-0.25, -0.2) is 0 Å². The molecule has 4 nitrogen and oxygen atoms in total. The van der Waals surface area contributed by atoms with Crippen molar-refractivity contribution in [3.63, 3.8) is 0 Å². The number of benzene rings is 1. The van der Waals surface area contributed by atoms with Crippen molar-refractivity contribution in [2.24, 2.45) is 0 Å². The fraction of sp³-hybridized carbons (Fsp3) is 0.353. The third-order valence-electron chi connectivity index (χ3n) is 3.21. The van der Waals surface area contributed by atoms with E-state index in [2.05, 4.69) is 29.4 Å². The molecule has 1 aromatic heterocycles. The van der Waals surface area contributed by atoms with Crippen LogP contribution in [0.3, 0.4) is 0 Å². The summed E-state index contributed by atoms with van der Waals surface area (Å²) >= 11 is 0. The third-order valence-corrected chi connectivity index (χ3v) is 3.21. The minimum atomic E-state index is 0.0676. The van der Waals surface area contributed by atoms with Crippen LogP contribution in [-0.2, 0) is 0 Å². The van der Waals surface area contributed by atoms with E-state index in [1.54, 1.807) is 13.3 Å². The molecule has 0 saturated heterocycles. The molecular formula is C17H22N2O2. The van der Waals surface area contributed by atoms with Crippen molar-refractivity contribution in [1.82, 2.24) is 10.3 Å². The number of rotatable bonds is 7. The topological polar surface area (TPSA) is 43.4 Å². The first kappa shape index (κ1) is 15.3. The second-order valence-corrected chi connectivity index (χ2v) is 4.65. The van der Waals surface area contributed by atoms with E-state index in [0.717, 1.165) is 29.2 Å². The van der Waals surface area contributed by atoms with Crippen LogP contribution in [0.2, 0.25) is 0 Å². The molecule has 2 rings (SSSR count). The van der Waals surface area contributed by atoms with Gasteiger partial charge in [0.2, 0.25) is 0 Å². The summed E-state index contributed by atoms with van der Waals surface area (Å²) in [5, 5.41) is 3.48. The summed E-state index contributed by atoms with van der Waals surface area (Å²) in [6.07, 6.45) is 3.58. The molecular weight excluding hydrogens is 264 g/mol. The SMILES string of the molecule is CCNC(c1cncc(OC)c1)c1cccc(OCC)c1. The summed E-state index contributed by atoms with van der Waals surface area (Å²) in [7, 11) is 1.65. The predicted molar refractivity (Wildman–Crippen MR) is 83.9 cm³/mol. The number of hydrogen-bond acceptors (Lipinski definition) is 4. The molecule has 0 aliphatic rings. The molecule has 1 N–H and O–H groups in total. The Morgan fingerprint density at radius 2 is 1.90 bits per heavy atom. The summed E-state index contributed by atoms with van der Waals surface area (Å²) < 4.78 is 10.9. The molecule has 1 atom stereocenters. The van der Waals surface area contributed by atoms with Crippen molar-refractivity contribution >= 4 is 0 Å². The molecule has 0 amide bonds. The summed E-state index contributed by atoms with van der Waals surface area (Å²) in [6, 6.07) is 10.2. The van der Waals surface area contributed by atoms with Gasteiger partial charge in [-0.2, -0.15) is 0 Å². The molecule has 0 aliphatic heterocycles. The van der Waals surface area contributed by atoms with Gasteiger partial charge in [-0.1, -0.05) is 19.1 Å². The van der Waals surface area contributed by atoms with Crippen molar-refractivity contribution in [2.45, 2.75) is 19.9 Å². The van der Waals surface area contributed by atoms with E-state index in [1.807, 2.05) is 31.3 Å². The normalized spacial score (nSPS) is 12.0. The quantitative estimate of drug-likeness (QED) is 0.849. The average Bonchev–Trinajstić information content (AvgIpc) is 2.53. The lowest BCUT2D eigenvalue weighted by Crippen LogP contribution is -2.22. The van der Waals surface area contributed by atoms with Crippen molar-refractivity contribution in [3.05, 3.63) is 53.9 Å². The molecule has 21 heavy (non-hydrogen) atoms. The fourth-order valence-electron chi connectivity index (χ4n) is 2.29. The van der Waals surface area contributed by atoms with Crippen molar-refractivity contribution < 1.29 is 9.47 Å².